The number of ketones is 1. The average molecular weight is 386 g/mol. The van der Waals surface area contributed by atoms with Crippen LogP contribution in [0.15, 0.2) is 39.9 Å². The van der Waals surface area contributed by atoms with Crippen molar-refractivity contribution in [2.75, 3.05) is 32.5 Å². The number of aromatic nitrogens is 2. The predicted octanol–water partition coefficient (Wildman–Crippen LogP) is 0.471. The molecule has 2 aromatic rings. The SMILES string of the molecule is CN(CC(=O)c1c(N)n(Cc2ccccc2)c(=O)n(C)c1=O)CC1CCCO1. The van der Waals surface area contributed by atoms with E-state index < -0.39 is 17.0 Å². The van der Waals surface area contributed by atoms with Gasteiger partial charge in [-0.05, 0) is 25.5 Å². The number of nitrogens with two attached hydrogens (primary N) is 1. The van der Waals surface area contributed by atoms with E-state index in [0.717, 1.165) is 29.6 Å². The molecule has 1 atom stereocenters. The first-order valence-electron chi connectivity index (χ1n) is 9.35. The number of benzene rings is 1. The normalized spacial score (nSPS) is 16.6. The topological polar surface area (TPSA) is 99.6 Å². The van der Waals surface area contributed by atoms with Crippen LogP contribution in [0, 0.1) is 0 Å². The van der Waals surface area contributed by atoms with E-state index in [2.05, 4.69) is 0 Å². The van der Waals surface area contributed by atoms with Gasteiger partial charge in [0, 0.05) is 20.2 Å². The minimum atomic E-state index is -0.665. The molecule has 2 heterocycles. The van der Waals surface area contributed by atoms with Crippen molar-refractivity contribution in [1.29, 1.82) is 0 Å². The number of rotatable bonds is 7. The van der Waals surface area contributed by atoms with Crippen molar-refractivity contribution in [3.05, 3.63) is 62.3 Å². The van der Waals surface area contributed by atoms with E-state index in [1.54, 1.807) is 7.05 Å². The summed E-state index contributed by atoms with van der Waals surface area (Å²) in [6.07, 6.45) is 2.08. The number of hydrogen-bond donors (Lipinski definition) is 1. The summed E-state index contributed by atoms with van der Waals surface area (Å²) in [4.78, 5) is 39.8. The van der Waals surface area contributed by atoms with Gasteiger partial charge in [-0.2, -0.15) is 0 Å². The second kappa shape index (κ2) is 8.53. The molecule has 8 nitrogen and oxygen atoms in total. The Morgan fingerprint density at radius 1 is 1.29 bits per heavy atom. The van der Waals surface area contributed by atoms with Gasteiger partial charge in [0.15, 0.2) is 5.78 Å². The van der Waals surface area contributed by atoms with Crippen LogP contribution in [0.4, 0.5) is 5.82 Å². The third-order valence-electron chi connectivity index (χ3n) is 5.00. The number of likely N-dealkylation sites (N-methyl/N-ethyl adjacent to an activating group) is 1. The van der Waals surface area contributed by atoms with E-state index in [0.29, 0.717) is 6.54 Å². The zero-order valence-corrected chi connectivity index (χ0v) is 16.3. The van der Waals surface area contributed by atoms with Crippen molar-refractivity contribution in [3.8, 4) is 0 Å². The molecule has 28 heavy (non-hydrogen) atoms. The summed E-state index contributed by atoms with van der Waals surface area (Å²) in [7, 11) is 3.17. The van der Waals surface area contributed by atoms with E-state index in [9.17, 15) is 14.4 Å². The Hall–Kier alpha value is -2.71. The van der Waals surface area contributed by atoms with Crippen LogP contribution in [0.25, 0.3) is 0 Å². The summed E-state index contributed by atoms with van der Waals surface area (Å²) in [6, 6.07) is 9.28. The molecule has 1 aromatic heterocycles. The number of ether oxygens (including phenoxy) is 1. The molecule has 0 radical (unpaired) electrons. The molecule has 8 heteroatoms. The summed E-state index contributed by atoms with van der Waals surface area (Å²) in [6.45, 7) is 1.56. The van der Waals surface area contributed by atoms with Gasteiger partial charge < -0.3 is 10.5 Å². The van der Waals surface area contributed by atoms with Crippen LogP contribution in [0.3, 0.4) is 0 Å². The van der Waals surface area contributed by atoms with Gasteiger partial charge in [-0.1, -0.05) is 30.3 Å². The number of Topliss-reactive ketones (excluding diaryl/α,β-unsaturated/α-hetero) is 1. The highest BCUT2D eigenvalue weighted by atomic mass is 16.5. The maximum atomic E-state index is 12.8. The van der Waals surface area contributed by atoms with Gasteiger partial charge in [0.05, 0.1) is 19.2 Å². The smallest absolute Gasteiger partial charge is 0.332 e. The molecule has 1 aromatic carbocycles. The molecule has 3 rings (SSSR count). The molecule has 0 aliphatic carbocycles. The van der Waals surface area contributed by atoms with Crippen molar-refractivity contribution in [2.24, 2.45) is 7.05 Å². The third kappa shape index (κ3) is 4.23. The van der Waals surface area contributed by atoms with Gasteiger partial charge in [0.25, 0.3) is 5.56 Å². The monoisotopic (exact) mass is 386 g/mol. The van der Waals surface area contributed by atoms with Crippen molar-refractivity contribution < 1.29 is 9.53 Å². The summed E-state index contributed by atoms with van der Waals surface area (Å²) in [5, 5.41) is 0. The highest BCUT2D eigenvalue weighted by molar-refractivity contribution is 6.01. The first kappa shape index (κ1) is 20.0. The number of hydrogen-bond acceptors (Lipinski definition) is 6. The van der Waals surface area contributed by atoms with Crippen LogP contribution in [0.5, 0.6) is 0 Å². The summed E-state index contributed by atoms with van der Waals surface area (Å²) in [5.41, 5.74) is 5.63. The fraction of sp³-hybridized carbons (Fsp3) is 0.450. The van der Waals surface area contributed by atoms with Gasteiger partial charge in [-0.25, -0.2) is 4.79 Å². The van der Waals surface area contributed by atoms with Crippen molar-refractivity contribution >= 4 is 11.6 Å². The average Bonchev–Trinajstić information content (AvgIpc) is 3.17. The predicted molar refractivity (Wildman–Crippen MR) is 107 cm³/mol. The van der Waals surface area contributed by atoms with Crippen LogP contribution < -0.4 is 17.0 Å². The van der Waals surface area contributed by atoms with Gasteiger partial charge in [-0.3, -0.25) is 23.6 Å². The van der Waals surface area contributed by atoms with E-state index in [-0.39, 0.29) is 30.6 Å². The fourth-order valence-electron chi connectivity index (χ4n) is 3.49. The van der Waals surface area contributed by atoms with E-state index in [4.69, 9.17) is 10.5 Å². The van der Waals surface area contributed by atoms with Crippen LogP contribution in [0.1, 0.15) is 28.8 Å². The Balaban J connectivity index is 1.88. The maximum Gasteiger partial charge on any atom is 0.332 e. The van der Waals surface area contributed by atoms with Crippen molar-refractivity contribution in [1.82, 2.24) is 14.0 Å². The van der Waals surface area contributed by atoms with Gasteiger partial charge >= 0.3 is 5.69 Å². The highest BCUT2D eigenvalue weighted by Gasteiger charge is 2.24. The number of carbonyl (C=O) groups excluding carboxylic acids is 1. The molecule has 1 saturated heterocycles. The van der Waals surface area contributed by atoms with Gasteiger partial charge in [-0.15, -0.1) is 0 Å². The van der Waals surface area contributed by atoms with Crippen molar-refractivity contribution in [2.45, 2.75) is 25.5 Å². The summed E-state index contributed by atoms with van der Waals surface area (Å²) >= 11 is 0. The van der Waals surface area contributed by atoms with Gasteiger partial charge in [0.2, 0.25) is 0 Å². The lowest BCUT2D eigenvalue weighted by Gasteiger charge is -2.20. The zero-order chi connectivity index (χ0) is 20.3. The molecule has 0 saturated carbocycles. The molecular weight excluding hydrogens is 360 g/mol. The van der Waals surface area contributed by atoms with Crippen LogP contribution in [0.2, 0.25) is 0 Å². The zero-order valence-electron chi connectivity index (χ0n) is 16.3. The molecule has 2 N–H and O–H groups in total. The quantitative estimate of drug-likeness (QED) is 0.695. The van der Waals surface area contributed by atoms with Crippen molar-refractivity contribution in [3.63, 3.8) is 0 Å². The molecule has 0 spiro atoms. The first-order valence-corrected chi connectivity index (χ1v) is 9.35. The Kier molecular flexibility index (Phi) is 6.11. The Bertz CT molecular complexity index is 959. The summed E-state index contributed by atoms with van der Waals surface area (Å²) in [5.74, 6) is -0.493. The lowest BCUT2D eigenvalue weighted by atomic mass is 10.1. The number of anilines is 1. The molecule has 150 valence electrons. The van der Waals surface area contributed by atoms with E-state index >= 15 is 0 Å². The second-order valence-electron chi connectivity index (χ2n) is 7.23. The standard InChI is InChI=1S/C20H26N4O4/c1-22(12-15-9-6-10-28-15)13-16(25)17-18(21)24(20(27)23(2)19(17)26)11-14-7-4-3-5-8-14/h3-5,7-8,15H,6,9-13,21H2,1-2H3. The Labute approximate surface area is 163 Å². The molecule has 1 aliphatic heterocycles. The van der Waals surface area contributed by atoms with Gasteiger partial charge in [0.1, 0.15) is 11.4 Å². The third-order valence-corrected chi connectivity index (χ3v) is 5.00. The Morgan fingerprint density at radius 3 is 2.64 bits per heavy atom. The second-order valence-corrected chi connectivity index (χ2v) is 7.23. The minimum Gasteiger partial charge on any atom is -0.384 e. The number of nitrogen functional groups attached to an aromatic ring is 1. The lowest BCUT2D eigenvalue weighted by Crippen LogP contribution is -2.44. The first-order chi connectivity index (χ1) is 13.4. The largest absolute Gasteiger partial charge is 0.384 e. The molecule has 0 bridgehead atoms. The Morgan fingerprint density at radius 2 is 2.00 bits per heavy atom. The molecule has 1 unspecified atom stereocenters. The fourth-order valence-corrected chi connectivity index (χ4v) is 3.49. The molecule has 1 aliphatic rings. The minimum absolute atomic E-state index is 0.0306. The molecule has 0 amide bonds. The number of nitrogens with zero attached hydrogens (tertiary/aromatic N) is 3. The lowest BCUT2D eigenvalue weighted by molar-refractivity contribution is 0.0739. The van der Waals surface area contributed by atoms with E-state index in [1.165, 1.54) is 11.6 Å². The van der Waals surface area contributed by atoms with E-state index in [1.807, 2.05) is 35.2 Å². The van der Waals surface area contributed by atoms with Crippen LogP contribution in [-0.2, 0) is 18.3 Å². The summed E-state index contributed by atoms with van der Waals surface area (Å²) < 4.78 is 7.79. The highest BCUT2D eigenvalue weighted by Crippen LogP contribution is 2.14. The molecular formula is C20H26N4O4. The van der Waals surface area contributed by atoms with Crippen LogP contribution in [-0.4, -0.2) is 52.7 Å². The number of carbonyl (C=O) groups is 1. The van der Waals surface area contributed by atoms with Crippen LogP contribution >= 0.6 is 0 Å². The molecule has 1 fully saturated rings. The maximum absolute atomic E-state index is 12.8.